The van der Waals surface area contributed by atoms with Gasteiger partial charge in [0.2, 0.25) is 35.4 Å². The second-order valence-corrected chi connectivity index (χ2v) is 16.7. The summed E-state index contributed by atoms with van der Waals surface area (Å²) in [5.41, 5.74) is 1.87. The number of halogens is 1. The van der Waals surface area contributed by atoms with E-state index < -0.39 is 95.6 Å². The van der Waals surface area contributed by atoms with E-state index in [1.54, 1.807) is 37.3 Å². The summed E-state index contributed by atoms with van der Waals surface area (Å²) in [7, 11) is 5.25. The quantitative estimate of drug-likeness (QED) is 0.290. The SMILES string of the molecule is CC[C@H]1NC(=O)[C@@H](NC(=O)C2NCCC=C2F)[C@@H](C)OC(=O)[C@H](c2ccccc2)NC(=O)[C@@H]2CC(=O)CCN2C(=O)[C@H](Cc2ccc(N(C)C)cc2)N(C)C(=O)[C@@H]2CCCN2C1=O. The number of anilines is 1. The summed E-state index contributed by atoms with van der Waals surface area (Å²) >= 11 is 0. The zero-order valence-corrected chi connectivity index (χ0v) is 36.3. The van der Waals surface area contributed by atoms with Crippen LogP contribution in [0.25, 0.3) is 0 Å². The van der Waals surface area contributed by atoms with Crippen LogP contribution in [0.4, 0.5) is 10.1 Å². The number of ether oxygens (including phenoxy) is 1. The minimum Gasteiger partial charge on any atom is -0.458 e. The second kappa shape index (κ2) is 20.3. The molecule has 63 heavy (non-hydrogen) atoms. The van der Waals surface area contributed by atoms with Gasteiger partial charge >= 0.3 is 5.97 Å². The molecule has 6 rings (SSSR count). The topological polar surface area (TPSA) is 207 Å². The van der Waals surface area contributed by atoms with Crippen LogP contribution in [0.2, 0.25) is 0 Å². The number of carbonyl (C=O) groups excluding carboxylic acids is 8. The van der Waals surface area contributed by atoms with Crippen molar-refractivity contribution >= 4 is 52.9 Å². The van der Waals surface area contributed by atoms with Crippen LogP contribution in [-0.4, -0.2) is 145 Å². The second-order valence-electron chi connectivity index (χ2n) is 16.7. The summed E-state index contributed by atoms with van der Waals surface area (Å²) in [5.74, 6) is -6.53. The molecular weight excluding hydrogens is 816 g/mol. The Bertz CT molecular complexity index is 2100. The Balaban J connectivity index is 1.42. The summed E-state index contributed by atoms with van der Waals surface area (Å²) in [4.78, 5) is 119. The van der Waals surface area contributed by atoms with Crippen LogP contribution in [-0.2, 0) is 49.5 Å². The normalized spacial score (nSPS) is 28.1. The first-order valence-corrected chi connectivity index (χ1v) is 21.5. The van der Waals surface area contributed by atoms with Crippen LogP contribution in [0.15, 0.2) is 66.5 Å². The van der Waals surface area contributed by atoms with Gasteiger partial charge in [0.15, 0.2) is 6.04 Å². The Morgan fingerprint density at radius 1 is 0.889 bits per heavy atom. The molecule has 4 N–H and O–H groups in total. The van der Waals surface area contributed by atoms with E-state index in [9.17, 15) is 42.7 Å². The van der Waals surface area contributed by atoms with Crippen LogP contribution >= 0.6 is 0 Å². The van der Waals surface area contributed by atoms with Crippen molar-refractivity contribution in [2.45, 2.75) is 107 Å². The van der Waals surface area contributed by atoms with E-state index in [-0.39, 0.29) is 63.1 Å². The third kappa shape index (κ3) is 10.6. The molecule has 2 aromatic carbocycles. The van der Waals surface area contributed by atoms with Crippen molar-refractivity contribution in [2.24, 2.45) is 0 Å². The van der Waals surface area contributed by atoms with Gasteiger partial charge in [0.05, 0.1) is 0 Å². The number of likely N-dealkylation sites (N-methyl/N-ethyl adjacent to an activating group) is 1. The monoisotopic (exact) mass is 872 g/mol. The number of amides is 6. The fraction of sp³-hybridized carbons (Fsp3) is 0.511. The number of rotatable bonds is 7. The molecule has 2 aromatic rings. The molecule has 17 nitrogen and oxygen atoms in total. The molecule has 0 bridgehead atoms. The Kier molecular flexibility index (Phi) is 15.0. The van der Waals surface area contributed by atoms with Crippen molar-refractivity contribution in [2.75, 3.05) is 45.7 Å². The predicted octanol–water partition coefficient (Wildman–Crippen LogP) is 1.07. The first-order chi connectivity index (χ1) is 30.1. The number of hydrogen-bond donors (Lipinski definition) is 4. The van der Waals surface area contributed by atoms with E-state index in [1.807, 2.05) is 43.3 Å². The van der Waals surface area contributed by atoms with Gasteiger partial charge in [-0.25, -0.2) is 9.18 Å². The third-order valence-corrected chi connectivity index (χ3v) is 12.2. The molecule has 6 amide bonds. The number of hydrogen-bond acceptors (Lipinski definition) is 11. The lowest BCUT2D eigenvalue weighted by Crippen LogP contribution is -2.62. The molecule has 3 fully saturated rings. The molecule has 4 aliphatic heterocycles. The smallest absolute Gasteiger partial charge is 0.333 e. The van der Waals surface area contributed by atoms with E-state index in [0.717, 1.165) is 5.69 Å². The summed E-state index contributed by atoms with van der Waals surface area (Å²) in [6, 6.07) is 6.02. The number of nitrogens with zero attached hydrogens (tertiary/aromatic N) is 4. The zero-order valence-electron chi connectivity index (χ0n) is 36.3. The lowest BCUT2D eigenvalue weighted by Gasteiger charge is -2.40. The molecule has 0 spiro atoms. The summed E-state index contributed by atoms with van der Waals surface area (Å²) in [6.07, 6.45) is 0.507. The van der Waals surface area contributed by atoms with E-state index in [1.165, 1.54) is 34.7 Å². The number of carbonyl (C=O) groups is 8. The number of piperidine rings is 1. The maximum absolute atomic E-state index is 15.0. The highest BCUT2D eigenvalue weighted by molar-refractivity contribution is 6.00. The maximum atomic E-state index is 15.0. The number of esters is 1. The Morgan fingerprint density at radius 3 is 2.25 bits per heavy atom. The number of Topliss-reactive ketones (excluding diaryl/α,β-unsaturated/α-hetero) is 1. The third-order valence-electron chi connectivity index (χ3n) is 12.2. The first kappa shape index (κ1) is 46.3. The molecule has 4 heterocycles. The predicted molar refractivity (Wildman–Crippen MR) is 228 cm³/mol. The average molecular weight is 873 g/mol. The molecule has 1 unspecified atom stereocenters. The summed E-state index contributed by atoms with van der Waals surface area (Å²) in [6.45, 7) is 3.30. The fourth-order valence-electron chi connectivity index (χ4n) is 8.52. The first-order valence-electron chi connectivity index (χ1n) is 21.5. The van der Waals surface area contributed by atoms with Crippen LogP contribution in [0.1, 0.15) is 69.5 Å². The van der Waals surface area contributed by atoms with Crippen molar-refractivity contribution in [3.63, 3.8) is 0 Å². The minimum absolute atomic E-state index is 0.0297. The molecule has 3 saturated heterocycles. The van der Waals surface area contributed by atoms with Crippen molar-refractivity contribution < 1.29 is 47.5 Å². The highest BCUT2D eigenvalue weighted by Crippen LogP contribution is 2.27. The van der Waals surface area contributed by atoms with E-state index in [0.29, 0.717) is 18.4 Å². The largest absolute Gasteiger partial charge is 0.458 e. The van der Waals surface area contributed by atoms with Gasteiger partial charge in [0.1, 0.15) is 54.0 Å². The van der Waals surface area contributed by atoms with Crippen LogP contribution in [0, 0.1) is 0 Å². The van der Waals surface area contributed by atoms with E-state index in [2.05, 4.69) is 21.3 Å². The lowest BCUT2D eigenvalue weighted by molar-refractivity contribution is -0.157. The molecular formula is C45H57FN8O9. The van der Waals surface area contributed by atoms with Crippen LogP contribution in [0.5, 0.6) is 0 Å². The van der Waals surface area contributed by atoms with Gasteiger partial charge in [-0.3, -0.25) is 38.9 Å². The van der Waals surface area contributed by atoms with Gasteiger partial charge in [-0.15, -0.1) is 0 Å². The minimum atomic E-state index is -1.67. The van der Waals surface area contributed by atoms with Crippen molar-refractivity contribution in [1.82, 2.24) is 36.0 Å². The molecule has 8 atom stereocenters. The molecule has 18 heteroatoms. The molecule has 0 aliphatic carbocycles. The van der Waals surface area contributed by atoms with Gasteiger partial charge in [0.25, 0.3) is 0 Å². The van der Waals surface area contributed by atoms with Crippen LogP contribution in [0.3, 0.4) is 0 Å². The summed E-state index contributed by atoms with van der Waals surface area (Å²) < 4.78 is 20.7. The van der Waals surface area contributed by atoms with E-state index in [4.69, 9.17) is 4.74 Å². The van der Waals surface area contributed by atoms with Gasteiger partial charge in [-0.2, -0.15) is 0 Å². The number of cyclic esters (lactones) is 1. The number of benzene rings is 2. The summed E-state index contributed by atoms with van der Waals surface area (Å²) in [5, 5.41) is 10.6. The van der Waals surface area contributed by atoms with Crippen molar-refractivity contribution in [1.29, 1.82) is 0 Å². The van der Waals surface area contributed by atoms with Gasteiger partial charge in [-0.1, -0.05) is 49.4 Å². The number of nitrogens with one attached hydrogen (secondary N) is 4. The highest BCUT2D eigenvalue weighted by atomic mass is 19.1. The van der Waals surface area contributed by atoms with Crippen molar-refractivity contribution in [3.05, 3.63) is 77.6 Å². The Morgan fingerprint density at radius 2 is 1.59 bits per heavy atom. The standard InChI is InChI=1S/C45H57FN8O9/c1-6-32-42(59)53-22-11-15-33(53)43(60)52(5)35(24-27-16-18-29(19-17-27)51(3)4)44(61)54-23-20-30(55)25-34(54)39(56)50-37(28-12-8-7-9-13-28)45(62)63-26(2)36(40(57)48-32)49-41(58)38-31(46)14-10-21-47-38/h7-9,12-14,16-19,26,32-38,47H,6,10-11,15,20-25H2,1-5H3,(H,48,57)(H,49,58)(H,50,56)/t26-,32-,33+,34+,35+,36+,37+,38?/m1/s1. The molecule has 0 aromatic heterocycles. The molecule has 338 valence electrons. The van der Waals surface area contributed by atoms with Gasteiger partial charge < -0.3 is 40.3 Å². The molecule has 0 saturated carbocycles. The van der Waals surface area contributed by atoms with Crippen LogP contribution < -0.4 is 26.2 Å². The molecule has 0 radical (unpaired) electrons. The zero-order chi connectivity index (χ0) is 45.5. The number of ketones is 1. The van der Waals surface area contributed by atoms with E-state index >= 15 is 0 Å². The fourth-order valence-corrected chi connectivity index (χ4v) is 8.52. The average Bonchev–Trinajstić information content (AvgIpc) is 3.77. The number of fused-ring (bicyclic) bond motifs is 2. The Labute approximate surface area is 366 Å². The van der Waals surface area contributed by atoms with Gasteiger partial charge in [-0.05, 0) is 68.5 Å². The van der Waals surface area contributed by atoms with Gasteiger partial charge in [0, 0.05) is 59.2 Å². The maximum Gasteiger partial charge on any atom is 0.333 e. The highest BCUT2D eigenvalue weighted by Gasteiger charge is 2.46. The molecule has 4 aliphatic rings. The lowest BCUT2D eigenvalue weighted by atomic mass is 9.95. The van der Waals surface area contributed by atoms with Crippen molar-refractivity contribution in [3.8, 4) is 0 Å². The Hall–Kier alpha value is -6.17.